The smallest absolute Gasteiger partial charge is 0.319 e. The van der Waals surface area contributed by atoms with Crippen LogP contribution >= 0.6 is 23.6 Å². The molecule has 0 bridgehead atoms. The first kappa shape index (κ1) is 17.9. The Balaban J connectivity index is 1.73. The van der Waals surface area contributed by atoms with E-state index in [1.54, 1.807) is 0 Å². The normalized spacial score (nSPS) is 30.8. The fourth-order valence-corrected chi connectivity index (χ4v) is 4.89. The molecule has 0 atom stereocenters. The zero-order valence-electron chi connectivity index (χ0n) is 14.6. The van der Waals surface area contributed by atoms with E-state index in [0.29, 0.717) is 21.2 Å². The minimum absolute atomic E-state index is 0.00635. The fourth-order valence-electron chi connectivity index (χ4n) is 4.11. The number of anilines is 1. The van der Waals surface area contributed by atoms with Crippen LogP contribution in [0.2, 0.25) is 0 Å². The van der Waals surface area contributed by atoms with Gasteiger partial charge in [-0.1, -0.05) is 25.2 Å². The summed E-state index contributed by atoms with van der Waals surface area (Å²) in [6.07, 6.45) is 9.37. The van der Waals surface area contributed by atoms with Gasteiger partial charge in [-0.25, -0.2) is 4.79 Å². The van der Waals surface area contributed by atoms with Crippen molar-refractivity contribution in [2.24, 2.45) is 11.8 Å². The Labute approximate surface area is 153 Å². The zero-order valence-corrected chi connectivity index (χ0v) is 16.2. The molecule has 1 heterocycles. The van der Waals surface area contributed by atoms with E-state index >= 15 is 0 Å². The Hall–Kier alpha value is -0.950. The predicted molar refractivity (Wildman–Crippen MR) is 101 cm³/mol. The molecule has 2 aliphatic rings. The summed E-state index contributed by atoms with van der Waals surface area (Å²) in [7, 11) is 0. The van der Waals surface area contributed by atoms with Crippen molar-refractivity contribution in [2.75, 3.05) is 5.32 Å². The van der Waals surface area contributed by atoms with Crippen molar-refractivity contribution in [3.63, 3.8) is 0 Å². The molecule has 0 unspecified atom stereocenters. The molecule has 2 amide bonds. The number of amides is 2. The highest BCUT2D eigenvalue weighted by molar-refractivity contribution is 7.73. The van der Waals surface area contributed by atoms with Crippen LogP contribution in [0.4, 0.5) is 9.93 Å². The van der Waals surface area contributed by atoms with E-state index in [1.807, 2.05) is 0 Å². The lowest BCUT2D eigenvalue weighted by molar-refractivity contribution is 0.0975. The van der Waals surface area contributed by atoms with Crippen LogP contribution < -0.4 is 5.32 Å². The number of hydrogen-bond donors (Lipinski definition) is 2. The van der Waals surface area contributed by atoms with E-state index in [-0.39, 0.29) is 6.03 Å². The monoisotopic (exact) mass is 368 g/mol. The molecule has 2 saturated carbocycles. The minimum Gasteiger partial charge on any atom is -0.319 e. The molecule has 0 radical (unpaired) electrons. The molecule has 1 aromatic heterocycles. The maximum absolute atomic E-state index is 13.0. The molecule has 24 heavy (non-hydrogen) atoms. The first-order chi connectivity index (χ1) is 11.5. The van der Waals surface area contributed by atoms with Gasteiger partial charge in [0, 0.05) is 12.1 Å². The Bertz CT molecular complexity index is 576. The number of carbonyl (C=O) groups is 1. The number of hydrogen-bond acceptors (Lipinski definition) is 4. The Kier molecular flexibility index (Phi) is 5.92. The molecule has 2 aliphatic carbocycles. The van der Waals surface area contributed by atoms with Crippen LogP contribution in [0.1, 0.15) is 65.2 Å². The number of urea groups is 1. The second kappa shape index (κ2) is 7.95. The summed E-state index contributed by atoms with van der Waals surface area (Å²) in [5.74, 6) is 1.57. The van der Waals surface area contributed by atoms with Crippen molar-refractivity contribution in [1.29, 1.82) is 0 Å². The number of aromatic nitrogens is 2. The predicted octanol–water partition coefficient (Wildman–Crippen LogP) is 5.19. The van der Waals surface area contributed by atoms with Crippen LogP contribution in [-0.4, -0.2) is 33.2 Å². The summed E-state index contributed by atoms with van der Waals surface area (Å²) < 4.78 is 0.592. The maximum Gasteiger partial charge on any atom is 0.324 e. The summed E-state index contributed by atoms with van der Waals surface area (Å²) in [5, 5.41) is 10.4. The molecule has 7 heteroatoms. The third-order valence-corrected chi connectivity index (χ3v) is 6.65. The van der Waals surface area contributed by atoms with E-state index in [1.165, 1.54) is 37.0 Å². The third-order valence-electron chi connectivity index (χ3n) is 5.64. The number of nitrogens with zero attached hydrogens (tertiary/aromatic N) is 2. The molecule has 1 aromatic rings. The van der Waals surface area contributed by atoms with E-state index in [9.17, 15) is 4.79 Å². The summed E-state index contributed by atoms with van der Waals surface area (Å²) >= 11 is 6.38. The molecular weight excluding hydrogens is 340 g/mol. The molecule has 0 aromatic carbocycles. The van der Waals surface area contributed by atoms with Crippen molar-refractivity contribution in [3.8, 4) is 0 Å². The van der Waals surface area contributed by atoms with Gasteiger partial charge in [0.05, 0.1) is 0 Å². The quantitative estimate of drug-likeness (QED) is 0.722. The van der Waals surface area contributed by atoms with E-state index < -0.39 is 0 Å². The lowest BCUT2D eigenvalue weighted by atomic mass is 9.82. The van der Waals surface area contributed by atoms with Crippen LogP contribution in [-0.2, 0) is 0 Å². The summed E-state index contributed by atoms with van der Waals surface area (Å²) in [6.45, 7) is 4.64. The van der Waals surface area contributed by atoms with Gasteiger partial charge in [-0.05, 0) is 75.4 Å². The molecule has 3 rings (SSSR count). The van der Waals surface area contributed by atoms with E-state index in [0.717, 1.165) is 37.5 Å². The zero-order chi connectivity index (χ0) is 17.1. The lowest BCUT2D eigenvalue weighted by Crippen LogP contribution is -2.51. The second-order valence-electron chi connectivity index (χ2n) is 7.58. The van der Waals surface area contributed by atoms with Crippen LogP contribution in [0.15, 0.2) is 0 Å². The first-order valence-electron chi connectivity index (χ1n) is 9.17. The van der Waals surface area contributed by atoms with Crippen molar-refractivity contribution < 1.29 is 4.79 Å². The van der Waals surface area contributed by atoms with Crippen molar-refractivity contribution in [1.82, 2.24) is 15.1 Å². The van der Waals surface area contributed by atoms with Gasteiger partial charge in [0.1, 0.15) is 0 Å². The maximum atomic E-state index is 13.0. The SMILES string of the molecule is CC1CCC(N(C(=O)Nc2n[nH]c(=S)s2)C2CCC(C)CC2)CC1. The lowest BCUT2D eigenvalue weighted by Gasteiger charge is -2.43. The molecular formula is C17H28N4OS2. The Morgan fingerprint density at radius 1 is 1.08 bits per heavy atom. The summed E-state index contributed by atoms with van der Waals surface area (Å²) in [4.78, 5) is 15.2. The first-order valence-corrected chi connectivity index (χ1v) is 10.4. The van der Waals surface area contributed by atoms with E-state index in [4.69, 9.17) is 12.2 Å². The van der Waals surface area contributed by atoms with Crippen LogP contribution in [0.5, 0.6) is 0 Å². The largest absolute Gasteiger partial charge is 0.324 e. The third kappa shape index (κ3) is 4.36. The number of carbonyl (C=O) groups excluding carboxylic acids is 1. The van der Waals surface area contributed by atoms with Gasteiger partial charge >= 0.3 is 6.03 Å². The van der Waals surface area contributed by atoms with Gasteiger partial charge < -0.3 is 4.90 Å². The minimum atomic E-state index is 0.00635. The standard InChI is InChI=1S/C17H28N4OS2/c1-11-3-7-13(8-4-11)21(14-9-5-12(2)6-10-14)16(22)18-15-19-20-17(23)24-15/h11-14H,3-10H2,1-2H3,(H,20,23)(H,18,19,22). The number of rotatable bonds is 3. The molecule has 134 valence electrons. The highest BCUT2D eigenvalue weighted by Gasteiger charge is 2.34. The summed E-state index contributed by atoms with van der Waals surface area (Å²) in [5.41, 5.74) is 0. The number of aromatic amines is 1. The second-order valence-corrected chi connectivity index (χ2v) is 9.25. The Morgan fingerprint density at radius 2 is 1.58 bits per heavy atom. The van der Waals surface area contributed by atoms with Crippen molar-refractivity contribution in [3.05, 3.63) is 3.95 Å². The van der Waals surface area contributed by atoms with Gasteiger partial charge in [-0.15, -0.1) is 5.10 Å². The molecule has 5 nitrogen and oxygen atoms in total. The highest BCUT2D eigenvalue weighted by atomic mass is 32.1. The number of H-pyrrole nitrogens is 1. The summed E-state index contributed by atoms with van der Waals surface area (Å²) in [6, 6.07) is 0.741. The fraction of sp³-hybridized carbons (Fsp3) is 0.824. The van der Waals surface area contributed by atoms with Crippen LogP contribution in [0, 0.1) is 15.8 Å². The van der Waals surface area contributed by atoms with Crippen molar-refractivity contribution in [2.45, 2.75) is 77.3 Å². The average molecular weight is 369 g/mol. The van der Waals surface area contributed by atoms with Crippen LogP contribution in [0.25, 0.3) is 0 Å². The van der Waals surface area contributed by atoms with E-state index in [2.05, 4.69) is 34.3 Å². The van der Waals surface area contributed by atoms with Gasteiger partial charge in [0.15, 0.2) is 3.95 Å². The van der Waals surface area contributed by atoms with Crippen LogP contribution in [0.3, 0.4) is 0 Å². The average Bonchev–Trinajstić information content (AvgIpc) is 2.96. The number of nitrogens with one attached hydrogen (secondary N) is 2. The van der Waals surface area contributed by atoms with Gasteiger partial charge in [-0.3, -0.25) is 10.4 Å². The molecule has 0 spiro atoms. The Morgan fingerprint density at radius 3 is 2.00 bits per heavy atom. The molecule has 2 fully saturated rings. The molecule has 2 N–H and O–H groups in total. The van der Waals surface area contributed by atoms with Gasteiger partial charge in [-0.2, -0.15) is 0 Å². The topological polar surface area (TPSA) is 61.0 Å². The van der Waals surface area contributed by atoms with Gasteiger partial charge in [0.2, 0.25) is 5.13 Å². The molecule has 0 aliphatic heterocycles. The molecule has 0 saturated heterocycles. The highest BCUT2D eigenvalue weighted by Crippen LogP contribution is 2.34. The van der Waals surface area contributed by atoms with Crippen molar-refractivity contribution >= 4 is 34.7 Å². The van der Waals surface area contributed by atoms with Gasteiger partial charge in [0.25, 0.3) is 0 Å².